The lowest BCUT2D eigenvalue weighted by molar-refractivity contribution is 0.363. The molecule has 0 amide bonds. The summed E-state index contributed by atoms with van der Waals surface area (Å²) in [4.78, 5) is 0. The average Bonchev–Trinajstić information content (AvgIpc) is 2.52. The molecule has 1 unspecified atom stereocenters. The summed E-state index contributed by atoms with van der Waals surface area (Å²) in [6.45, 7) is 7.53. The van der Waals surface area contributed by atoms with Crippen LogP contribution in [0.15, 0.2) is 16.5 Å². The molecule has 0 bridgehead atoms. The molecule has 1 aromatic rings. The van der Waals surface area contributed by atoms with Gasteiger partial charge < -0.3 is 9.73 Å². The Labute approximate surface area is 99.6 Å². The molecule has 2 nitrogen and oxygen atoms in total. The lowest BCUT2D eigenvalue weighted by Gasteiger charge is -2.19. The molecule has 0 spiro atoms. The Morgan fingerprint density at radius 2 is 2.14 bits per heavy atom. The molecule has 0 aromatic carbocycles. The number of furan rings is 1. The third-order valence-corrected chi connectivity index (χ3v) is 2.99. The highest BCUT2D eigenvalue weighted by atomic mass is 127. The molecule has 80 valence electrons. The SMILES string of the molecule is CCC(NCc1ccc(I)o1)C(C)C. The first-order chi connectivity index (χ1) is 6.63. The van der Waals surface area contributed by atoms with E-state index in [1.807, 2.05) is 12.1 Å². The highest BCUT2D eigenvalue weighted by Gasteiger charge is 2.10. The third kappa shape index (κ3) is 3.61. The molecule has 1 atom stereocenters. The van der Waals surface area contributed by atoms with Crippen LogP contribution in [-0.2, 0) is 6.54 Å². The van der Waals surface area contributed by atoms with E-state index in [0.717, 1.165) is 22.5 Å². The fourth-order valence-electron chi connectivity index (χ4n) is 1.53. The molecule has 3 heteroatoms. The molecule has 0 aliphatic heterocycles. The minimum absolute atomic E-state index is 0.581. The van der Waals surface area contributed by atoms with E-state index in [-0.39, 0.29) is 0 Å². The lowest BCUT2D eigenvalue weighted by atomic mass is 10.0. The standard InChI is InChI=1S/C11H18INO/c1-4-10(8(2)3)13-7-9-5-6-11(12)14-9/h5-6,8,10,13H,4,7H2,1-3H3. The van der Waals surface area contributed by atoms with Crippen LogP contribution in [0.2, 0.25) is 0 Å². The van der Waals surface area contributed by atoms with Gasteiger partial charge in [0.1, 0.15) is 5.76 Å². The second-order valence-corrected chi connectivity index (χ2v) is 4.91. The van der Waals surface area contributed by atoms with Gasteiger partial charge in [-0.05, 0) is 47.1 Å². The maximum Gasteiger partial charge on any atom is 0.164 e. The van der Waals surface area contributed by atoms with Gasteiger partial charge >= 0.3 is 0 Å². The molecular weight excluding hydrogens is 289 g/mol. The van der Waals surface area contributed by atoms with Gasteiger partial charge in [0.15, 0.2) is 3.77 Å². The normalized spacial score (nSPS) is 13.5. The summed E-state index contributed by atoms with van der Waals surface area (Å²) in [5.41, 5.74) is 0. The quantitative estimate of drug-likeness (QED) is 0.843. The van der Waals surface area contributed by atoms with Crippen LogP contribution in [0.1, 0.15) is 33.0 Å². The summed E-state index contributed by atoms with van der Waals surface area (Å²) in [5.74, 6) is 1.70. The molecule has 0 saturated carbocycles. The van der Waals surface area contributed by atoms with Crippen LogP contribution in [0.5, 0.6) is 0 Å². The fraction of sp³-hybridized carbons (Fsp3) is 0.636. The summed E-state index contributed by atoms with van der Waals surface area (Å²) in [6.07, 6.45) is 1.16. The maximum absolute atomic E-state index is 5.48. The number of nitrogens with one attached hydrogen (secondary N) is 1. The van der Waals surface area contributed by atoms with E-state index < -0.39 is 0 Å². The predicted molar refractivity (Wildman–Crippen MR) is 67.2 cm³/mol. The van der Waals surface area contributed by atoms with E-state index >= 15 is 0 Å². The van der Waals surface area contributed by atoms with Crippen molar-refractivity contribution in [1.29, 1.82) is 0 Å². The second kappa shape index (κ2) is 5.75. The summed E-state index contributed by atoms with van der Waals surface area (Å²) >= 11 is 2.19. The molecule has 1 N–H and O–H groups in total. The lowest BCUT2D eigenvalue weighted by Crippen LogP contribution is -2.32. The molecular formula is C11H18INO. The highest BCUT2D eigenvalue weighted by Crippen LogP contribution is 2.11. The molecule has 1 aromatic heterocycles. The molecule has 0 saturated heterocycles. The smallest absolute Gasteiger partial charge is 0.164 e. The Balaban J connectivity index is 2.39. The van der Waals surface area contributed by atoms with Crippen LogP contribution in [0.3, 0.4) is 0 Å². The van der Waals surface area contributed by atoms with Crippen LogP contribution >= 0.6 is 22.6 Å². The Morgan fingerprint density at radius 3 is 2.57 bits per heavy atom. The first-order valence-electron chi connectivity index (χ1n) is 5.11. The van der Waals surface area contributed by atoms with Crippen molar-refractivity contribution in [3.63, 3.8) is 0 Å². The van der Waals surface area contributed by atoms with Gasteiger partial charge in [-0.15, -0.1) is 0 Å². The summed E-state index contributed by atoms with van der Waals surface area (Å²) in [5, 5.41) is 3.50. The fourth-order valence-corrected chi connectivity index (χ4v) is 1.99. The molecule has 0 aliphatic rings. The minimum atomic E-state index is 0.581. The van der Waals surface area contributed by atoms with Crippen molar-refractivity contribution in [2.75, 3.05) is 0 Å². The molecule has 0 aliphatic carbocycles. The van der Waals surface area contributed by atoms with Crippen molar-refractivity contribution < 1.29 is 4.42 Å². The van der Waals surface area contributed by atoms with E-state index in [1.54, 1.807) is 0 Å². The topological polar surface area (TPSA) is 25.2 Å². The summed E-state index contributed by atoms with van der Waals surface area (Å²) in [6, 6.07) is 4.60. The molecule has 1 heterocycles. The van der Waals surface area contributed by atoms with Crippen molar-refractivity contribution in [2.45, 2.75) is 39.8 Å². The van der Waals surface area contributed by atoms with Crippen molar-refractivity contribution in [2.24, 2.45) is 5.92 Å². The number of halogens is 1. The zero-order valence-electron chi connectivity index (χ0n) is 9.01. The van der Waals surface area contributed by atoms with Crippen LogP contribution in [0, 0.1) is 9.68 Å². The van der Waals surface area contributed by atoms with Crippen molar-refractivity contribution >= 4 is 22.6 Å². The van der Waals surface area contributed by atoms with Gasteiger partial charge in [0.05, 0.1) is 6.54 Å². The van der Waals surface area contributed by atoms with Gasteiger partial charge in [0.2, 0.25) is 0 Å². The Bertz CT molecular complexity index is 270. The number of rotatable bonds is 5. The maximum atomic E-state index is 5.48. The first-order valence-corrected chi connectivity index (χ1v) is 6.19. The zero-order chi connectivity index (χ0) is 10.6. The van der Waals surface area contributed by atoms with Crippen molar-refractivity contribution in [3.05, 3.63) is 21.7 Å². The van der Waals surface area contributed by atoms with Gasteiger partial charge in [-0.2, -0.15) is 0 Å². The Kier molecular flexibility index (Phi) is 4.95. The predicted octanol–water partition coefficient (Wildman–Crippen LogP) is 3.41. The number of hydrogen-bond donors (Lipinski definition) is 1. The molecule has 0 fully saturated rings. The number of hydrogen-bond acceptors (Lipinski definition) is 2. The van der Waals surface area contributed by atoms with E-state index in [0.29, 0.717) is 12.0 Å². The van der Waals surface area contributed by atoms with E-state index in [4.69, 9.17) is 4.42 Å². The van der Waals surface area contributed by atoms with Gasteiger partial charge in [-0.25, -0.2) is 0 Å². The summed E-state index contributed by atoms with van der Waals surface area (Å²) < 4.78 is 6.44. The van der Waals surface area contributed by atoms with Crippen LogP contribution in [0.25, 0.3) is 0 Å². The van der Waals surface area contributed by atoms with Gasteiger partial charge in [-0.1, -0.05) is 20.8 Å². The summed E-state index contributed by atoms with van der Waals surface area (Å²) in [7, 11) is 0. The van der Waals surface area contributed by atoms with Gasteiger partial charge in [0.25, 0.3) is 0 Å². The van der Waals surface area contributed by atoms with E-state index in [1.165, 1.54) is 0 Å². The van der Waals surface area contributed by atoms with Gasteiger partial charge in [0, 0.05) is 6.04 Å². The molecule has 0 radical (unpaired) electrons. The Hall–Kier alpha value is -0.0300. The van der Waals surface area contributed by atoms with Crippen LogP contribution in [0.4, 0.5) is 0 Å². The van der Waals surface area contributed by atoms with Crippen LogP contribution < -0.4 is 5.32 Å². The average molecular weight is 307 g/mol. The van der Waals surface area contributed by atoms with Crippen LogP contribution in [-0.4, -0.2) is 6.04 Å². The van der Waals surface area contributed by atoms with Crippen molar-refractivity contribution in [1.82, 2.24) is 5.32 Å². The largest absolute Gasteiger partial charge is 0.454 e. The zero-order valence-corrected chi connectivity index (χ0v) is 11.2. The highest BCUT2D eigenvalue weighted by molar-refractivity contribution is 14.1. The molecule has 14 heavy (non-hydrogen) atoms. The van der Waals surface area contributed by atoms with Crippen molar-refractivity contribution in [3.8, 4) is 0 Å². The monoisotopic (exact) mass is 307 g/mol. The van der Waals surface area contributed by atoms with Gasteiger partial charge in [-0.3, -0.25) is 0 Å². The van der Waals surface area contributed by atoms with E-state index in [9.17, 15) is 0 Å². The van der Waals surface area contributed by atoms with E-state index in [2.05, 4.69) is 48.7 Å². The first kappa shape index (κ1) is 12.0. The molecule has 1 rings (SSSR count). The third-order valence-electron chi connectivity index (χ3n) is 2.41. The Morgan fingerprint density at radius 1 is 1.43 bits per heavy atom. The second-order valence-electron chi connectivity index (χ2n) is 3.85. The minimum Gasteiger partial charge on any atom is -0.454 e.